The first-order chi connectivity index (χ1) is 7.09. The van der Waals surface area contributed by atoms with Gasteiger partial charge in [-0.3, -0.25) is 4.98 Å². The molecule has 0 atom stereocenters. The topological polar surface area (TPSA) is 38.9 Å². The van der Waals surface area contributed by atoms with Gasteiger partial charge in [0, 0.05) is 11.1 Å². The number of nitrogen functional groups attached to an aromatic ring is 1. The molecule has 0 saturated heterocycles. The fourth-order valence-electron chi connectivity index (χ4n) is 1.65. The molecule has 2 rings (SSSR count). The molecule has 0 fully saturated rings. The lowest BCUT2D eigenvalue weighted by atomic mass is 10.1. The van der Waals surface area contributed by atoms with Gasteiger partial charge in [0.1, 0.15) is 0 Å². The summed E-state index contributed by atoms with van der Waals surface area (Å²) in [7, 11) is 0. The molecular weight excluding hydrogens is 184 g/mol. The van der Waals surface area contributed by atoms with Crippen LogP contribution in [0.2, 0.25) is 0 Å². The van der Waals surface area contributed by atoms with E-state index < -0.39 is 0 Å². The molecule has 0 aliphatic heterocycles. The van der Waals surface area contributed by atoms with Gasteiger partial charge in [0.2, 0.25) is 0 Å². The minimum Gasteiger partial charge on any atom is -0.397 e. The van der Waals surface area contributed by atoms with Crippen LogP contribution in [0.15, 0.2) is 24.3 Å². The van der Waals surface area contributed by atoms with Gasteiger partial charge in [-0.15, -0.1) is 0 Å². The second kappa shape index (κ2) is 3.54. The summed E-state index contributed by atoms with van der Waals surface area (Å²) in [6.07, 6.45) is 0. The second-order valence-electron chi connectivity index (χ2n) is 4.26. The van der Waals surface area contributed by atoms with Crippen molar-refractivity contribution < 1.29 is 0 Å². The van der Waals surface area contributed by atoms with Crippen LogP contribution >= 0.6 is 0 Å². The molecule has 1 aromatic carbocycles. The largest absolute Gasteiger partial charge is 0.397 e. The average Bonchev–Trinajstić information content (AvgIpc) is 2.23. The standard InChI is InChI=1S/C13H16N2/c1-8(2)11-7-6-10-5-4-9(3)12(14)13(10)15-11/h4-8H,14H2,1-3H3. The lowest BCUT2D eigenvalue weighted by molar-refractivity contribution is 0.830. The van der Waals surface area contributed by atoms with Crippen LogP contribution in [0, 0.1) is 6.92 Å². The first-order valence-electron chi connectivity index (χ1n) is 5.25. The summed E-state index contributed by atoms with van der Waals surface area (Å²) in [6.45, 7) is 6.29. The molecule has 0 amide bonds. The Kier molecular flexibility index (Phi) is 2.35. The van der Waals surface area contributed by atoms with Gasteiger partial charge in [0.05, 0.1) is 11.2 Å². The highest BCUT2D eigenvalue weighted by atomic mass is 14.7. The smallest absolute Gasteiger partial charge is 0.0937 e. The maximum atomic E-state index is 6.02. The molecule has 0 aliphatic rings. The van der Waals surface area contributed by atoms with Crippen LogP contribution in [0.4, 0.5) is 5.69 Å². The monoisotopic (exact) mass is 200 g/mol. The van der Waals surface area contributed by atoms with Crippen LogP contribution in [0.5, 0.6) is 0 Å². The maximum absolute atomic E-state index is 6.02. The van der Waals surface area contributed by atoms with Crippen LogP contribution in [-0.2, 0) is 0 Å². The number of hydrogen-bond acceptors (Lipinski definition) is 2. The van der Waals surface area contributed by atoms with Crippen molar-refractivity contribution in [2.24, 2.45) is 0 Å². The Bertz CT molecular complexity index is 501. The molecule has 2 aromatic rings. The summed E-state index contributed by atoms with van der Waals surface area (Å²) in [5, 5.41) is 1.11. The van der Waals surface area contributed by atoms with Gasteiger partial charge >= 0.3 is 0 Å². The number of nitrogens with two attached hydrogens (primary N) is 1. The van der Waals surface area contributed by atoms with E-state index in [0.717, 1.165) is 27.8 Å². The van der Waals surface area contributed by atoms with Crippen molar-refractivity contribution in [3.8, 4) is 0 Å². The number of benzene rings is 1. The van der Waals surface area contributed by atoms with E-state index in [0.29, 0.717) is 5.92 Å². The third-order valence-corrected chi connectivity index (χ3v) is 2.73. The van der Waals surface area contributed by atoms with Gasteiger partial charge < -0.3 is 5.73 Å². The van der Waals surface area contributed by atoms with Crippen molar-refractivity contribution >= 4 is 16.6 Å². The third-order valence-electron chi connectivity index (χ3n) is 2.73. The first kappa shape index (κ1) is 9.97. The van der Waals surface area contributed by atoms with Gasteiger partial charge in [0.15, 0.2) is 0 Å². The molecule has 2 nitrogen and oxygen atoms in total. The highest BCUT2D eigenvalue weighted by Gasteiger charge is 2.06. The number of aromatic nitrogens is 1. The molecule has 78 valence electrons. The summed E-state index contributed by atoms with van der Waals surface area (Å²) in [5.74, 6) is 0.439. The van der Waals surface area contributed by atoms with E-state index in [1.54, 1.807) is 0 Å². The van der Waals surface area contributed by atoms with Gasteiger partial charge in [0.25, 0.3) is 0 Å². The van der Waals surface area contributed by atoms with Crippen LogP contribution in [0.25, 0.3) is 10.9 Å². The van der Waals surface area contributed by atoms with E-state index in [1.807, 2.05) is 13.0 Å². The maximum Gasteiger partial charge on any atom is 0.0937 e. The van der Waals surface area contributed by atoms with Crippen LogP contribution in [0.3, 0.4) is 0 Å². The average molecular weight is 200 g/mol. The molecule has 1 heterocycles. The molecule has 0 unspecified atom stereocenters. The highest BCUT2D eigenvalue weighted by molar-refractivity contribution is 5.90. The Balaban J connectivity index is 2.73. The van der Waals surface area contributed by atoms with Gasteiger partial charge in [-0.05, 0) is 24.5 Å². The number of nitrogens with zero attached hydrogens (tertiary/aromatic N) is 1. The molecule has 15 heavy (non-hydrogen) atoms. The van der Waals surface area contributed by atoms with Crippen LogP contribution in [0.1, 0.15) is 31.0 Å². The molecular formula is C13H16N2. The zero-order chi connectivity index (χ0) is 11.0. The lowest BCUT2D eigenvalue weighted by Crippen LogP contribution is -1.97. The summed E-state index contributed by atoms with van der Waals surface area (Å²) in [4.78, 5) is 4.61. The van der Waals surface area contributed by atoms with E-state index in [1.165, 1.54) is 0 Å². The lowest BCUT2D eigenvalue weighted by Gasteiger charge is -2.09. The molecule has 0 aliphatic carbocycles. The molecule has 0 saturated carbocycles. The van der Waals surface area contributed by atoms with Crippen LogP contribution < -0.4 is 5.73 Å². The quantitative estimate of drug-likeness (QED) is 0.718. The summed E-state index contributed by atoms with van der Waals surface area (Å²) in [6, 6.07) is 8.27. The van der Waals surface area contributed by atoms with Gasteiger partial charge in [-0.25, -0.2) is 0 Å². The van der Waals surface area contributed by atoms with Crippen molar-refractivity contribution in [2.45, 2.75) is 26.7 Å². The summed E-state index contributed by atoms with van der Waals surface area (Å²) in [5.41, 5.74) is 9.95. The fourth-order valence-corrected chi connectivity index (χ4v) is 1.65. The Hall–Kier alpha value is -1.57. The van der Waals surface area contributed by atoms with E-state index in [9.17, 15) is 0 Å². The number of anilines is 1. The fraction of sp³-hybridized carbons (Fsp3) is 0.308. The molecule has 1 aromatic heterocycles. The Morgan fingerprint density at radius 1 is 1.13 bits per heavy atom. The third kappa shape index (κ3) is 1.67. The molecule has 2 N–H and O–H groups in total. The van der Waals surface area contributed by atoms with Crippen molar-refractivity contribution in [3.05, 3.63) is 35.5 Å². The van der Waals surface area contributed by atoms with Gasteiger partial charge in [-0.1, -0.05) is 32.0 Å². The number of rotatable bonds is 1. The predicted molar refractivity (Wildman–Crippen MR) is 65.0 cm³/mol. The minimum atomic E-state index is 0.439. The molecule has 0 radical (unpaired) electrons. The summed E-state index contributed by atoms with van der Waals surface area (Å²) >= 11 is 0. The van der Waals surface area contributed by atoms with E-state index in [-0.39, 0.29) is 0 Å². The van der Waals surface area contributed by atoms with Crippen molar-refractivity contribution in [1.82, 2.24) is 4.98 Å². The zero-order valence-corrected chi connectivity index (χ0v) is 9.41. The summed E-state index contributed by atoms with van der Waals surface area (Å²) < 4.78 is 0. The Labute approximate surface area is 90.1 Å². The number of aryl methyl sites for hydroxylation is 1. The Morgan fingerprint density at radius 2 is 1.80 bits per heavy atom. The van der Waals surface area contributed by atoms with Crippen molar-refractivity contribution in [3.63, 3.8) is 0 Å². The van der Waals surface area contributed by atoms with E-state index in [2.05, 4.69) is 37.0 Å². The SMILES string of the molecule is Cc1ccc2ccc(C(C)C)nc2c1N. The molecule has 0 bridgehead atoms. The van der Waals surface area contributed by atoms with Crippen molar-refractivity contribution in [1.29, 1.82) is 0 Å². The zero-order valence-electron chi connectivity index (χ0n) is 9.41. The molecule has 2 heteroatoms. The minimum absolute atomic E-state index is 0.439. The first-order valence-corrected chi connectivity index (χ1v) is 5.25. The van der Waals surface area contributed by atoms with Crippen LogP contribution in [-0.4, -0.2) is 4.98 Å². The highest BCUT2D eigenvalue weighted by Crippen LogP contribution is 2.24. The molecule has 0 spiro atoms. The van der Waals surface area contributed by atoms with Gasteiger partial charge in [-0.2, -0.15) is 0 Å². The predicted octanol–water partition coefficient (Wildman–Crippen LogP) is 3.25. The van der Waals surface area contributed by atoms with E-state index >= 15 is 0 Å². The number of fused-ring (bicyclic) bond motifs is 1. The normalized spacial score (nSPS) is 11.2. The Morgan fingerprint density at radius 3 is 2.47 bits per heavy atom. The van der Waals surface area contributed by atoms with Crippen molar-refractivity contribution in [2.75, 3.05) is 5.73 Å². The van der Waals surface area contributed by atoms with E-state index in [4.69, 9.17) is 5.73 Å². The number of pyridine rings is 1. The second-order valence-corrected chi connectivity index (χ2v) is 4.26. The number of hydrogen-bond donors (Lipinski definition) is 1.